The van der Waals surface area contributed by atoms with Crippen LogP contribution in [0.2, 0.25) is 0 Å². The van der Waals surface area contributed by atoms with Gasteiger partial charge in [0.1, 0.15) is 5.82 Å². The van der Waals surface area contributed by atoms with Gasteiger partial charge in [-0.15, -0.1) is 0 Å². The lowest BCUT2D eigenvalue weighted by Gasteiger charge is -2.58. The Bertz CT molecular complexity index is 769. The van der Waals surface area contributed by atoms with E-state index in [9.17, 15) is 9.18 Å². The number of carbonyl (C=O) groups excluding carboxylic acids is 1. The molecule has 4 aliphatic heterocycles. The van der Waals surface area contributed by atoms with Gasteiger partial charge in [0.05, 0.1) is 5.92 Å². The van der Waals surface area contributed by atoms with E-state index in [1.165, 1.54) is 12.1 Å². The molecule has 6 heteroatoms. The summed E-state index contributed by atoms with van der Waals surface area (Å²) >= 11 is 0. The monoisotopic (exact) mass is 376 g/mol. The van der Waals surface area contributed by atoms with Crippen LogP contribution in [0.5, 0.6) is 0 Å². The standard InChI is InChI=1S/C21H25FO5/c1-12-6-7-17-15(11-13-4-3-5-14(22)10-13)18(23)24-19-21(17)16(12)8-9-20(2,25-19)26-27-21/h3-5,10,12,15-17,19H,6-9,11H2,1-2H3/t12-,15-,16+,17+,19-,20-,21-/m1/s1. The van der Waals surface area contributed by atoms with E-state index < -0.39 is 23.6 Å². The third kappa shape index (κ3) is 2.57. The molecule has 6 rings (SSSR count). The van der Waals surface area contributed by atoms with Gasteiger partial charge in [0.15, 0.2) is 5.60 Å². The molecule has 0 radical (unpaired) electrons. The molecule has 5 aliphatic rings. The number of rotatable bonds is 2. The molecule has 146 valence electrons. The summed E-state index contributed by atoms with van der Waals surface area (Å²) in [6, 6.07) is 6.42. The lowest BCUT2D eigenvalue weighted by Crippen LogP contribution is -2.70. The van der Waals surface area contributed by atoms with Gasteiger partial charge in [0.2, 0.25) is 12.1 Å². The SMILES string of the molecule is C[C@@H]1CC[C@H]2[C@@H](Cc3cccc(F)c3)C(=O)O[C@@H]3O[C@@]4(C)CC[C@@H]1[C@]32OO4. The first-order valence-electron chi connectivity index (χ1n) is 9.91. The van der Waals surface area contributed by atoms with Gasteiger partial charge in [-0.05, 0) is 56.2 Å². The smallest absolute Gasteiger partial charge is 0.312 e. The zero-order valence-electron chi connectivity index (χ0n) is 15.7. The van der Waals surface area contributed by atoms with Crippen molar-refractivity contribution in [2.24, 2.45) is 23.7 Å². The van der Waals surface area contributed by atoms with Gasteiger partial charge >= 0.3 is 5.97 Å². The van der Waals surface area contributed by atoms with Crippen molar-refractivity contribution in [3.8, 4) is 0 Å². The largest absolute Gasteiger partial charge is 0.432 e. The Hall–Kier alpha value is -1.50. The summed E-state index contributed by atoms with van der Waals surface area (Å²) in [7, 11) is 0. The summed E-state index contributed by atoms with van der Waals surface area (Å²) in [6.07, 6.45) is 3.17. The van der Waals surface area contributed by atoms with Crippen LogP contribution < -0.4 is 0 Å². The number of hydrogen-bond acceptors (Lipinski definition) is 5. The molecule has 0 aromatic heterocycles. The fourth-order valence-corrected chi connectivity index (χ4v) is 5.76. The summed E-state index contributed by atoms with van der Waals surface area (Å²) in [6.45, 7) is 4.07. The molecule has 0 N–H and O–H groups in total. The molecule has 1 spiro atoms. The summed E-state index contributed by atoms with van der Waals surface area (Å²) in [5, 5.41) is 0. The Balaban J connectivity index is 1.54. The number of benzene rings is 1. The quantitative estimate of drug-likeness (QED) is 0.581. The minimum Gasteiger partial charge on any atom is -0.432 e. The summed E-state index contributed by atoms with van der Waals surface area (Å²) in [5.41, 5.74) is 0.0117. The van der Waals surface area contributed by atoms with Crippen LogP contribution in [0, 0.1) is 29.5 Å². The molecule has 27 heavy (non-hydrogen) atoms. The Morgan fingerprint density at radius 1 is 1.19 bits per heavy atom. The molecule has 0 amide bonds. The summed E-state index contributed by atoms with van der Waals surface area (Å²) in [5.74, 6) is -1.30. The van der Waals surface area contributed by atoms with Crippen LogP contribution in [-0.4, -0.2) is 23.6 Å². The fourth-order valence-electron chi connectivity index (χ4n) is 5.76. The van der Waals surface area contributed by atoms with Gasteiger partial charge in [0, 0.05) is 18.3 Å². The first-order chi connectivity index (χ1) is 12.9. The van der Waals surface area contributed by atoms with Gasteiger partial charge < -0.3 is 9.47 Å². The maximum absolute atomic E-state index is 13.7. The second kappa shape index (κ2) is 6.00. The van der Waals surface area contributed by atoms with Gasteiger partial charge in [-0.2, -0.15) is 0 Å². The molecule has 4 heterocycles. The van der Waals surface area contributed by atoms with Gasteiger partial charge in [-0.1, -0.05) is 19.1 Å². The van der Waals surface area contributed by atoms with Crippen LogP contribution in [0.3, 0.4) is 0 Å². The minimum atomic E-state index is -0.882. The Morgan fingerprint density at radius 2 is 2.04 bits per heavy atom. The molecule has 1 aliphatic carbocycles. The van der Waals surface area contributed by atoms with E-state index in [1.54, 1.807) is 6.07 Å². The van der Waals surface area contributed by atoms with E-state index in [2.05, 4.69) is 6.92 Å². The number of halogens is 1. The molecule has 5 nitrogen and oxygen atoms in total. The van der Waals surface area contributed by atoms with Crippen LogP contribution in [0.25, 0.3) is 0 Å². The van der Waals surface area contributed by atoms with Gasteiger partial charge in [-0.25, -0.2) is 14.2 Å². The Labute approximate surface area is 158 Å². The molecule has 1 aromatic carbocycles. The van der Waals surface area contributed by atoms with Gasteiger partial charge in [0.25, 0.3) is 0 Å². The van der Waals surface area contributed by atoms with Crippen LogP contribution in [0.1, 0.15) is 45.1 Å². The van der Waals surface area contributed by atoms with Crippen molar-refractivity contribution in [1.82, 2.24) is 0 Å². The van der Waals surface area contributed by atoms with Gasteiger partial charge in [-0.3, -0.25) is 4.79 Å². The third-order valence-corrected chi connectivity index (χ3v) is 7.13. The predicted octanol–water partition coefficient (Wildman–Crippen LogP) is 3.76. The number of carbonyl (C=O) groups is 1. The van der Waals surface area contributed by atoms with Crippen LogP contribution >= 0.6 is 0 Å². The van der Waals surface area contributed by atoms with Crippen molar-refractivity contribution < 1.29 is 28.4 Å². The van der Waals surface area contributed by atoms with Crippen molar-refractivity contribution in [3.63, 3.8) is 0 Å². The van der Waals surface area contributed by atoms with Crippen LogP contribution in [0.15, 0.2) is 24.3 Å². The Kier molecular flexibility index (Phi) is 3.91. The lowest BCUT2D eigenvalue weighted by molar-refractivity contribution is -0.559. The Morgan fingerprint density at radius 3 is 2.85 bits per heavy atom. The van der Waals surface area contributed by atoms with Crippen LogP contribution in [-0.2, 0) is 30.5 Å². The van der Waals surface area contributed by atoms with Crippen molar-refractivity contribution >= 4 is 5.97 Å². The minimum absolute atomic E-state index is 0.0733. The second-order valence-corrected chi connectivity index (χ2v) is 8.79. The molecule has 1 saturated carbocycles. The van der Waals surface area contributed by atoms with E-state index in [-0.39, 0.29) is 23.6 Å². The third-order valence-electron chi connectivity index (χ3n) is 7.13. The summed E-state index contributed by atoms with van der Waals surface area (Å²) in [4.78, 5) is 24.7. The van der Waals surface area contributed by atoms with Crippen LogP contribution in [0.4, 0.5) is 4.39 Å². The first kappa shape index (κ1) is 17.6. The zero-order valence-corrected chi connectivity index (χ0v) is 15.7. The first-order valence-corrected chi connectivity index (χ1v) is 9.91. The van der Waals surface area contributed by atoms with E-state index in [4.69, 9.17) is 19.2 Å². The van der Waals surface area contributed by atoms with Crippen molar-refractivity contribution in [3.05, 3.63) is 35.6 Å². The molecule has 7 atom stereocenters. The van der Waals surface area contributed by atoms with E-state index >= 15 is 0 Å². The highest BCUT2D eigenvalue weighted by Crippen LogP contribution is 2.60. The topological polar surface area (TPSA) is 54.0 Å². The van der Waals surface area contributed by atoms with E-state index in [0.717, 1.165) is 24.8 Å². The average Bonchev–Trinajstić information content (AvgIpc) is 2.85. The van der Waals surface area contributed by atoms with Crippen molar-refractivity contribution in [1.29, 1.82) is 0 Å². The normalized spacial score (nSPS) is 45.7. The molecule has 5 fully saturated rings. The number of fused-ring (bicyclic) bond motifs is 2. The lowest BCUT2D eigenvalue weighted by atomic mass is 9.57. The highest BCUT2D eigenvalue weighted by Gasteiger charge is 2.70. The molecule has 2 bridgehead atoms. The molecular weight excluding hydrogens is 351 g/mol. The fraction of sp³-hybridized carbons (Fsp3) is 0.667. The maximum atomic E-state index is 13.7. The highest BCUT2D eigenvalue weighted by molar-refractivity contribution is 5.75. The number of hydrogen-bond donors (Lipinski definition) is 0. The number of ether oxygens (including phenoxy) is 2. The zero-order chi connectivity index (χ0) is 18.8. The van der Waals surface area contributed by atoms with E-state index in [1.807, 2.05) is 13.0 Å². The molecule has 1 aromatic rings. The van der Waals surface area contributed by atoms with E-state index in [0.29, 0.717) is 18.8 Å². The second-order valence-electron chi connectivity index (χ2n) is 8.79. The van der Waals surface area contributed by atoms with Crippen molar-refractivity contribution in [2.45, 2.75) is 63.6 Å². The number of esters is 1. The molecule has 4 saturated heterocycles. The predicted molar refractivity (Wildman–Crippen MR) is 92.5 cm³/mol. The van der Waals surface area contributed by atoms with Crippen molar-refractivity contribution in [2.75, 3.05) is 0 Å². The highest BCUT2D eigenvalue weighted by atomic mass is 19.1. The molecule has 0 unspecified atom stereocenters. The maximum Gasteiger partial charge on any atom is 0.312 e. The average molecular weight is 376 g/mol. The summed E-state index contributed by atoms with van der Waals surface area (Å²) < 4.78 is 25.6. The molecular formula is C21H25FO5.